The predicted octanol–water partition coefficient (Wildman–Crippen LogP) is 6.08. The second-order valence-corrected chi connectivity index (χ2v) is 8.19. The van der Waals surface area contributed by atoms with Gasteiger partial charge in [0.25, 0.3) is 0 Å². The molecule has 0 amide bonds. The number of fused-ring (bicyclic) bond motifs is 1. The number of hydrogen-bond donors (Lipinski definition) is 2. The zero-order valence-electron chi connectivity index (χ0n) is 18.1. The molecular weight excluding hydrogens is 455 g/mol. The van der Waals surface area contributed by atoms with Gasteiger partial charge in [0.1, 0.15) is 11.4 Å². The second-order valence-electron chi connectivity index (χ2n) is 7.78. The van der Waals surface area contributed by atoms with E-state index in [1.165, 1.54) is 19.2 Å². The normalized spacial score (nSPS) is 16.7. The standard InChI is InChI=1S/C26H20ClFN4O2/c1-34-24-18(27)13-12-17(20(24)28)25-29-19(14-33)23-26(32-25)31-22(16-10-6-3-7-11-16)21(30-23)15-8-4-2-5-9-15/h2-14,21-22,30H,1H3,(H,29,31,32). The number of benzene rings is 3. The number of aldehydes is 1. The first kappa shape index (κ1) is 21.9. The van der Waals surface area contributed by atoms with Crippen LogP contribution < -0.4 is 15.4 Å². The van der Waals surface area contributed by atoms with Crippen molar-refractivity contribution in [1.82, 2.24) is 9.97 Å². The minimum atomic E-state index is -0.697. The van der Waals surface area contributed by atoms with Gasteiger partial charge in [-0.3, -0.25) is 4.79 Å². The monoisotopic (exact) mass is 474 g/mol. The maximum absolute atomic E-state index is 15.1. The Kier molecular flexibility index (Phi) is 5.86. The zero-order chi connectivity index (χ0) is 23.7. The van der Waals surface area contributed by atoms with Crippen LogP contribution in [0.4, 0.5) is 15.9 Å². The van der Waals surface area contributed by atoms with Gasteiger partial charge in [0.05, 0.1) is 29.8 Å². The molecule has 2 atom stereocenters. The summed E-state index contributed by atoms with van der Waals surface area (Å²) >= 11 is 6.04. The summed E-state index contributed by atoms with van der Waals surface area (Å²) in [5, 5.41) is 7.03. The largest absolute Gasteiger partial charge is 0.492 e. The fraction of sp³-hybridized carbons (Fsp3) is 0.115. The Bertz CT molecular complexity index is 1350. The van der Waals surface area contributed by atoms with Gasteiger partial charge in [-0.15, -0.1) is 0 Å². The van der Waals surface area contributed by atoms with Crippen LogP contribution in [0, 0.1) is 5.82 Å². The SMILES string of the molecule is COc1c(Cl)ccc(-c2nc(C=O)c3c(n2)NC(c2ccccc2)C(c2ccccc2)N3)c1F. The van der Waals surface area contributed by atoms with Crippen LogP contribution in [0.3, 0.4) is 0 Å². The van der Waals surface area contributed by atoms with Gasteiger partial charge in [-0.05, 0) is 23.3 Å². The lowest BCUT2D eigenvalue weighted by Gasteiger charge is -2.36. The van der Waals surface area contributed by atoms with Gasteiger partial charge in [0.2, 0.25) is 0 Å². The number of methoxy groups -OCH3 is 1. The van der Waals surface area contributed by atoms with Gasteiger partial charge in [0, 0.05) is 0 Å². The molecule has 2 N–H and O–H groups in total. The minimum Gasteiger partial charge on any atom is -0.492 e. The van der Waals surface area contributed by atoms with E-state index in [2.05, 4.69) is 20.6 Å². The first-order valence-electron chi connectivity index (χ1n) is 10.6. The van der Waals surface area contributed by atoms with Gasteiger partial charge in [0.15, 0.2) is 29.5 Å². The summed E-state index contributed by atoms with van der Waals surface area (Å²) < 4.78 is 20.2. The molecule has 0 radical (unpaired) electrons. The van der Waals surface area contributed by atoms with Crippen molar-refractivity contribution in [2.45, 2.75) is 12.1 Å². The Morgan fingerprint density at radius 3 is 2.12 bits per heavy atom. The summed E-state index contributed by atoms with van der Waals surface area (Å²) in [6.45, 7) is 0. The van der Waals surface area contributed by atoms with Crippen molar-refractivity contribution in [1.29, 1.82) is 0 Å². The highest BCUT2D eigenvalue weighted by atomic mass is 35.5. The molecule has 0 fully saturated rings. The van der Waals surface area contributed by atoms with Crippen LogP contribution in [0.15, 0.2) is 72.8 Å². The van der Waals surface area contributed by atoms with Gasteiger partial charge < -0.3 is 15.4 Å². The minimum absolute atomic E-state index is 0.0487. The van der Waals surface area contributed by atoms with E-state index in [9.17, 15) is 4.79 Å². The average Bonchev–Trinajstić information content (AvgIpc) is 2.88. The molecule has 1 aliphatic rings. The lowest BCUT2D eigenvalue weighted by atomic mass is 9.91. The highest BCUT2D eigenvalue weighted by molar-refractivity contribution is 6.32. The molecule has 0 bridgehead atoms. The Balaban J connectivity index is 1.65. The molecule has 34 heavy (non-hydrogen) atoms. The van der Waals surface area contributed by atoms with Crippen molar-refractivity contribution < 1.29 is 13.9 Å². The third-order valence-electron chi connectivity index (χ3n) is 5.79. The molecule has 1 aliphatic heterocycles. The van der Waals surface area contributed by atoms with E-state index in [0.717, 1.165) is 11.1 Å². The van der Waals surface area contributed by atoms with Crippen LogP contribution in [-0.4, -0.2) is 23.4 Å². The fourth-order valence-corrected chi connectivity index (χ4v) is 4.39. The quantitative estimate of drug-likeness (QED) is 0.341. The summed E-state index contributed by atoms with van der Waals surface area (Å²) in [7, 11) is 1.33. The molecule has 0 spiro atoms. The van der Waals surface area contributed by atoms with Gasteiger partial charge >= 0.3 is 0 Å². The number of nitrogens with one attached hydrogen (secondary N) is 2. The molecule has 4 aromatic rings. The predicted molar refractivity (Wildman–Crippen MR) is 130 cm³/mol. The first-order valence-corrected chi connectivity index (χ1v) is 11.0. The van der Waals surface area contributed by atoms with E-state index < -0.39 is 5.82 Å². The van der Waals surface area contributed by atoms with Gasteiger partial charge in [-0.1, -0.05) is 72.3 Å². The van der Waals surface area contributed by atoms with E-state index >= 15 is 4.39 Å². The molecule has 8 heteroatoms. The topological polar surface area (TPSA) is 76.1 Å². The number of halogens is 2. The number of carbonyl (C=O) groups is 1. The second kappa shape index (κ2) is 9.11. The van der Waals surface area contributed by atoms with Crippen molar-refractivity contribution in [2.24, 2.45) is 0 Å². The Labute approximate surface area is 200 Å². The Morgan fingerprint density at radius 1 is 0.912 bits per heavy atom. The van der Waals surface area contributed by atoms with E-state index in [-0.39, 0.29) is 39.9 Å². The fourth-order valence-electron chi connectivity index (χ4n) is 4.16. The summed E-state index contributed by atoms with van der Waals surface area (Å²) in [5.41, 5.74) is 2.72. The van der Waals surface area contributed by atoms with Gasteiger partial charge in [-0.2, -0.15) is 0 Å². The molecular formula is C26H20ClFN4O2. The molecule has 1 aromatic heterocycles. The van der Waals surface area contributed by atoms with Crippen LogP contribution in [0.2, 0.25) is 5.02 Å². The molecule has 0 aliphatic carbocycles. The average molecular weight is 475 g/mol. The highest BCUT2D eigenvalue weighted by Gasteiger charge is 2.33. The molecule has 2 heterocycles. The zero-order valence-corrected chi connectivity index (χ0v) is 18.9. The number of nitrogens with zero attached hydrogens (tertiary/aromatic N) is 2. The third kappa shape index (κ3) is 3.84. The summed E-state index contributed by atoms with van der Waals surface area (Å²) in [5.74, 6) is -0.350. The number of aromatic nitrogens is 2. The number of carbonyl (C=O) groups excluding carboxylic acids is 1. The van der Waals surface area contributed by atoms with E-state index in [4.69, 9.17) is 16.3 Å². The summed E-state index contributed by atoms with van der Waals surface area (Å²) in [6.07, 6.45) is 0.634. The summed E-state index contributed by atoms with van der Waals surface area (Å²) in [6, 6.07) is 22.4. The number of ether oxygens (including phenoxy) is 1. The molecule has 3 aromatic carbocycles. The number of rotatable bonds is 5. The van der Waals surface area contributed by atoms with Crippen LogP contribution in [0.1, 0.15) is 33.7 Å². The van der Waals surface area contributed by atoms with Gasteiger partial charge in [-0.25, -0.2) is 14.4 Å². The van der Waals surface area contributed by atoms with Crippen molar-refractivity contribution >= 4 is 29.4 Å². The highest BCUT2D eigenvalue weighted by Crippen LogP contribution is 2.43. The molecule has 0 saturated carbocycles. The van der Waals surface area contributed by atoms with Crippen molar-refractivity contribution in [3.8, 4) is 17.1 Å². The van der Waals surface area contributed by atoms with Crippen LogP contribution in [0.25, 0.3) is 11.4 Å². The smallest absolute Gasteiger partial charge is 0.177 e. The van der Waals surface area contributed by atoms with Crippen molar-refractivity contribution in [3.63, 3.8) is 0 Å². The summed E-state index contributed by atoms with van der Waals surface area (Å²) in [4.78, 5) is 20.9. The molecule has 0 saturated heterocycles. The van der Waals surface area contributed by atoms with Crippen LogP contribution >= 0.6 is 11.6 Å². The molecule has 170 valence electrons. The Hall–Kier alpha value is -3.97. The van der Waals surface area contributed by atoms with Crippen molar-refractivity contribution in [3.05, 3.63) is 100 Å². The lowest BCUT2D eigenvalue weighted by molar-refractivity contribution is 0.111. The maximum atomic E-state index is 15.1. The number of hydrogen-bond acceptors (Lipinski definition) is 6. The lowest BCUT2D eigenvalue weighted by Crippen LogP contribution is -2.32. The van der Waals surface area contributed by atoms with Crippen LogP contribution in [0.5, 0.6) is 5.75 Å². The first-order chi connectivity index (χ1) is 16.6. The van der Waals surface area contributed by atoms with E-state index in [0.29, 0.717) is 17.8 Å². The third-order valence-corrected chi connectivity index (χ3v) is 6.08. The van der Waals surface area contributed by atoms with Crippen LogP contribution in [-0.2, 0) is 0 Å². The van der Waals surface area contributed by atoms with Crippen molar-refractivity contribution in [2.75, 3.05) is 17.7 Å². The molecule has 5 rings (SSSR count). The van der Waals surface area contributed by atoms with E-state index in [1.807, 2.05) is 60.7 Å². The molecule has 2 unspecified atom stereocenters. The van der Waals surface area contributed by atoms with E-state index in [1.54, 1.807) is 0 Å². The maximum Gasteiger partial charge on any atom is 0.177 e. The Morgan fingerprint density at radius 2 is 1.53 bits per heavy atom. The molecule has 6 nitrogen and oxygen atoms in total. The number of anilines is 2.